The molecule has 1 aliphatic carbocycles. The zero-order valence-corrected chi connectivity index (χ0v) is 20.6. The number of aliphatic hydroxyl groups is 1. The van der Waals surface area contributed by atoms with Gasteiger partial charge in [-0.2, -0.15) is 5.10 Å². The number of benzene rings is 2. The number of aromatic nitrogens is 2. The summed E-state index contributed by atoms with van der Waals surface area (Å²) in [6.45, 7) is 4.53. The molecule has 3 aromatic rings. The van der Waals surface area contributed by atoms with Gasteiger partial charge in [0, 0.05) is 41.2 Å². The van der Waals surface area contributed by atoms with Crippen LogP contribution in [0.2, 0.25) is 10.0 Å². The van der Waals surface area contributed by atoms with Gasteiger partial charge in [0.2, 0.25) is 0 Å². The van der Waals surface area contributed by atoms with Crippen LogP contribution < -0.4 is 0 Å². The summed E-state index contributed by atoms with van der Waals surface area (Å²) >= 11 is 12.6. The molecule has 2 aliphatic rings. The van der Waals surface area contributed by atoms with Crippen LogP contribution in [0.4, 0.5) is 0 Å². The second kappa shape index (κ2) is 9.79. The fourth-order valence-electron chi connectivity index (χ4n) is 5.56. The van der Waals surface area contributed by atoms with E-state index in [4.69, 9.17) is 23.2 Å². The molecule has 5 rings (SSSR count). The fraction of sp³-hybridized carbons (Fsp3) is 0.444. The number of rotatable bonds is 5. The van der Waals surface area contributed by atoms with E-state index in [0.717, 1.165) is 42.4 Å². The Balaban J connectivity index is 1.37. The molecular formula is C27H31Cl2N3O. The molecule has 1 N–H and O–H groups in total. The summed E-state index contributed by atoms with van der Waals surface area (Å²) in [5.41, 5.74) is 4.81. The van der Waals surface area contributed by atoms with Gasteiger partial charge in [0.15, 0.2) is 0 Å². The summed E-state index contributed by atoms with van der Waals surface area (Å²) in [6.07, 6.45) is 10.2. The van der Waals surface area contributed by atoms with E-state index < -0.39 is 0 Å². The Labute approximate surface area is 205 Å². The highest BCUT2D eigenvalue weighted by atomic mass is 35.5. The first-order chi connectivity index (χ1) is 16.0. The van der Waals surface area contributed by atoms with Crippen LogP contribution in [0, 0.1) is 5.92 Å². The van der Waals surface area contributed by atoms with Crippen LogP contribution in [0.15, 0.2) is 48.7 Å². The van der Waals surface area contributed by atoms with Gasteiger partial charge in [0.1, 0.15) is 0 Å². The molecule has 0 radical (unpaired) electrons. The van der Waals surface area contributed by atoms with Gasteiger partial charge in [-0.25, -0.2) is 0 Å². The van der Waals surface area contributed by atoms with Crippen LogP contribution in [0.25, 0.3) is 16.5 Å². The molecule has 0 spiro atoms. The van der Waals surface area contributed by atoms with Gasteiger partial charge in [0.05, 0.1) is 17.8 Å². The van der Waals surface area contributed by atoms with Gasteiger partial charge in [-0.05, 0) is 73.4 Å². The summed E-state index contributed by atoms with van der Waals surface area (Å²) < 4.78 is 2.06. The van der Waals surface area contributed by atoms with E-state index in [0.29, 0.717) is 28.6 Å². The van der Waals surface area contributed by atoms with Crippen LogP contribution in [-0.2, 0) is 0 Å². The van der Waals surface area contributed by atoms with Gasteiger partial charge in [-0.1, -0.05) is 53.9 Å². The molecule has 1 saturated carbocycles. The first kappa shape index (κ1) is 22.9. The van der Waals surface area contributed by atoms with Gasteiger partial charge in [-0.15, -0.1) is 0 Å². The maximum Gasteiger partial charge on any atom is 0.0761 e. The fourth-order valence-corrected chi connectivity index (χ4v) is 6.12. The van der Waals surface area contributed by atoms with Crippen molar-refractivity contribution in [3.63, 3.8) is 0 Å². The first-order valence-electron chi connectivity index (χ1n) is 12.0. The third-order valence-corrected chi connectivity index (χ3v) is 8.08. The van der Waals surface area contributed by atoms with E-state index in [2.05, 4.69) is 45.9 Å². The number of hydrogen-bond acceptors (Lipinski definition) is 3. The zero-order chi connectivity index (χ0) is 22.9. The molecule has 0 bridgehead atoms. The molecule has 1 fully saturated rings. The quantitative estimate of drug-likeness (QED) is 0.444. The van der Waals surface area contributed by atoms with Gasteiger partial charge < -0.3 is 5.11 Å². The summed E-state index contributed by atoms with van der Waals surface area (Å²) in [6, 6.07) is 12.9. The van der Waals surface area contributed by atoms with E-state index in [-0.39, 0.29) is 6.04 Å². The topological polar surface area (TPSA) is 41.3 Å². The Bertz CT molecular complexity index is 1170. The van der Waals surface area contributed by atoms with Crippen molar-refractivity contribution in [1.29, 1.82) is 0 Å². The molecule has 0 amide bonds. The van der Waals surface area contributed by atoms with E-state index >= 15 is 0 Å². The van der Waals surface area contributed by atoms with Crippen molar-refractivity contribution < 1.29 is 5.11 Å². The highest BCUT2D eigenvalue weighted by Crippen LogP contribution is 2.34. The van der Waals surface area contributed by atoms with E-state index in [9.17, 15) is 5.11 Å². The van der Waals surface area contributed by atoms with Crippen molar-refractivity contribution in [2.45, 2.75) is 51.1 Å². The average Bonchev–Trinajstić information content (AvgIpc) is 3.27. The summed E-state index contributed by atoms with van der Waals surface area (Å²) in [4.78, 5) is 2.61. The normalized spacial score (nSPS) is 23.0. The summed E-state index contributed by atoms with van der Waals surface area (Å²) in [5, 5.41) is 16.7. The Morgan fingerprint density at radius 3 is 2.79 bits per heavy atom. The predicted molar refractivity (Wildman–Crippen MR) is 137 cm³/mol. The summed E-state index contributed by atoms with van der Waals surface area (Å²) in [7, 11) is 0. The lowest BCUT2D eigenvalue weighted by atomic mass is 9.84. The highest BCUT2D eigenvalue weighted by Gasteiger charge is 2.27. The third kappa shape index (κ3) is 4.72. The van der Waals surface area contributed by atoms with Crippen LogP contribution in [-0.4, -0.2) is 45.5 Å². The molecule has 0 saturated heterocycles. The largest absolute Gasteiger partial charge is 0.396 e. The lowest BCUT2D eigenvalue weighted by Crippen LogP contribution is -2.41. The van der Waals surface area contributed by atoms with Crippen molar-refractivity contribution in [3.05, 3.63) is 69.8 Å². The van der Waals surface area contributed by atoms with Crippen molar-refractivity contribution in [3.8, 4) is 0 Å². The van der Waals surface area contributed by atoms with E-state index in [1.807, 2.05) is 18.3 Å². The maximum absolute atomic E-state index is 9.58. The number of fused-ring (bicyclic) bond motifs is 1. The highest BCUT2D eigenvalue weighted by molar-refractivity contribution is 6.35. The Hall–Kier alpha value is -1.85. The molecule has 3 unspecified atom stereocenters. The number of nitrogens with zero attached hydrogens (tertiary/aromatic N) is 3. The van der Waals surface area contributed by atoms with Crippen molar-refractivity contribution >= 4 is 39.7 Å². The Morgan fingerprint density at radius 1 is 1.15 bits per heavy atom. The monoisotopic (exact) mass is 483 g/mol. The molecule has 33 heavy (non-hydrogen) atoms. The Kier molecular flexibility index (Phi) is 6.80. The summed E-state index contributed by atoms with van der Waals surface area (Å²) in [5.74, 6) is 0.480. The van der Waals surface area contributed by atoms with E-state index in [1.54, 1.807) is 6.07 Å². The number of halogens is 2. The molecule has 174 valence electrons. The molecule has 1 aromatic heterocycles. The first-order valence-corrected chi connectivity index (χ1v) is 12.8. The van der Waals surface area contributed by atoms with Crippen LogP contribution in [0.3, 0.4) is 0 Å². The van der Waals surface area contributed by atoms with Gasteiger partial charge in [0.25, 0.3) is 0 Å². The second-order valence-electron chi connectivity index (χ2n) is 9.55. The smallest absolute Gasteiger partial charge is 0.0761 e. The molecule has 3 atom stereocenters. The van der Waals surface area contributed by atoms with Crippen molar-refractivity contribution in [2.75, 3.05) is 19.7 Å². The minimum atomic E-state index is 0.00381. The van der Waals surface area contributed by atoms with Gasteiger partial charge >= 0.3 is 0 Å². The standard InChI is InChI=1S/C27H31Cl2N3O/c1-18(25-8-7-23(28)15-26(25)29)32-27-14-21(5-6-22(27)16-30-32)20-9-11-31(12-10-20)24-4-2-3-19(13-24)17-33/h5-9,14-16,18-19,24,33H,2-4,10-13,17H2,1H3. The molecule has 2 aromatic carbocycles. The average molecular weight is 484 g/mol. The van der Waals surface area contributed by atoms with Crippen LogP contribution in [0.1, 0.15) is 56.2 Å². The van der Waals surface area contributed by atoms with Crippen LogP contribution >= 0.6 is 23.2 Å². The Morgan fingerprint density at radius 2 is 2.03 bits per heavy atom. The molecule has 6 heteroatoms. The van der Waals surface area contributed by atoms with Crippen molar-refractivity contribution in [1.82, 2.24) is 14.7 Å². The predicted octanol–water partition coefficient (Wildman–Crippen LogP) is 6.59. The molecule has 4 nitrogen and oxygen atoms in total. The van der Waals surface area contributed by atoms with Crippen LogP contribution in [0.5, 0.6) is 0 Å². The van der Waals surface area contributed by atoms with Gasteiger partial charge in [-0.3, -0.25) is 9.58 Å². The lowest BCUT2D eigenvalue weighted by molar-refractivity contribution is 0.108. The third-order valence-electron chi connectivity index (χ3n) is 7.52. The minimum absolute atomic E-state index is 0.00381. The zero-order valence-electron chi connectivity index (χ0n) is 19.1. The SMILES string of the molecule is CC(c1ccc(Cl)cc1Cl)n1ncc2ccc(C3=CCN(C4CCCC(CO)C4)CC3)cc21. The second-order valence-corrected chi connectivity index (χ2v) is 10.4. The van der Waals surface area contributed by atoms with Crippen molar-refractivity contribution in [2.24, 2.45) is 5.92 Å². The molecular weight excluding hydrogens is 453 g/mol. The van der Waals surface area contributed by atoms with E-state index in [1.165, 1.54) is 30.4 Å². The number of aliphatic hydroxyl groups excluding tert-OH is 1. The molecule has 1 aliphatic heterocycles. The number of hydrogen-bond donors (Lipinski definition) is 1. The maximum atomic E-state index is 9.58. The molecule has 2 heterocycles. The lowest BCUT2D eigenvalue weighted by Gasteiger charge is -2.38. The minimum Gasteiger partial charge on any atom is -0.396 e.